The van der Waals surface area contributed by atoms with Crippen molar-refractivity contribution >= 4 is 19.8 Å². The number of hydrogen-bond acceptors (Lipinski definition) is 12. The molecule has 54 heavy (non-hydrogen) atoms. The lowest BCUT2D eigenvalue weighted by Crippen LogP contribution is -2.64. The van der Waals surface area contributed by atoms with Crippen LogP contribution in [-0.2, 0) is 32.7 Å². The van der Waals surface area contributed by atoms with Gasteiger partial charge in [0.15, 0.2) is 6.10 Å². The Morgan fingerprint density at radius 1 is 0.574 bits per heavy atom. The van der Waals surface area contributed by atoms with Gasteiger partial charge in [-0.05, 0) is 44.9 Å². The van der Waals surface area contributed by atoms with Gasteiger partial charge in [0.05, 0.1) is 6.61 Å². The Bertz CT molecular complexity index is 1050. The minimum Gasteiger partial charge on any atom is -0.462 e. The second kappa shape index (κ2) is 31.4. The van der Waals surface area contributed by atoms with E-state index >= 15 is 0 Å². The van der Waals surface area contributed by atoms with Crippen LogP contribution < -0.4 is 0 Å². The quantitative estimate of drug-likeness (QED) is 0.0173. The smallest absolute Gasteiger partial charge is 0.462 e. The van der Waals surface area contributed by atoms with Crippen molar-refractivity contribution in [2.75, 3.05) is 13.2 Å². The normalized spacial score (nSPS) is 23.5. The molecule has 13 nitrogen and oxygen atoms in total. The molecule has 0 saturated heterocycles. The zero-order valence-electron chi connectivity index (χ0n) is 33.0. The van der Waals surface area contributed by atoms with Gasteiger partial charge in [0, 0.05) is 12.8 Å². The van der Waals surface area contributed by atoms with Crippen LogP contribution in [-0.4, -0.2) is 98.3 Å². The number of esters is 2. The minimum absolute atomic E-state index is 0.0564. The first kappa shape index (κ1) is 50.3. The highest BCUT2D eigenvalue weighted by atomic mass is 31.2. The molecule has 316 valence electrons. The predicted molar refractivity (Wildman–Crippen MR) is 207 cm³/mol. The van der Waals surface area contributed by atoms with Gasteiger partial charge in [0.1, 0.15) is 43.2 Å². The Balaban J connectivity index is 2.54. The van der Waals surface area contributed by atoms with E-state index in [1.54, 1.807) is 0 Å². The standard InChI is InChI=1S/C40H73O13P/c1-3-5-7-9-11-13-15-16-17-18-19-21-23-25-27-29-34(42)52-32(30-50-33(41)28-26-24-22-20-14-12-10-8-6-4-2)31-51-54(48,49)53-40-38(46)36(44)35(43)37(45)39(40)47/h16-17,19,21,32,35-40,43-47H,3-15,18,20,22-31H2,1-2H3,(H,48,49)/b17-16+,21-19+/t32-,35?,36-,37?,38?,39?,40?/m1/s1. The number of aliphatic hydroxyl groups excluding tert-OH is 5. The molecule has 1 saturated carbocycles. The van der Waals surface area contributed by atoms with Crippen LogP contribution in [0, 0.1) is 0 Å². The van der Waals surface area contributed by atoms with Crippen molar-refractivity contribution in [2.24, 2.45) is 0 Å². The number of unbranched alkanes of at least 4 members (excludes halogenated alkanes) is 17. The lowest BCUT2D eigenvalue weighted by Gasteiger charge is -2.41. The average Bonchev–Trinajstić information content (AvgIpc) is 3.15. The first-order chi connectivity index (χ1) is 25.9. The van der Waals surface area contributed by atoms with E-state index in [0.29, 0.717) is 12.8 Å². The highest BCUT2D eigenvalue weighted by Gasteiger charge is 2.51. The van der Waals surface area contributed by atoms with Crippen molar-refractivity contribution in [3.05, 3.63) is 24.3 Å². The van der Waals surface area contributed by atoms with Gasteiger partial charge in [-0.25, -0.2) is 4.57 Å². The summed E-state index contributed by atoms with van der Waals surface area (Å²) in [6, 6.07) is 0. The number of phosphoric ester groups is 1. The molecule has 0 aromatic carbocycles. The summed E-state index contributed by atoms with van der Waals surface area (Å²) >= 11 is 0. The van der Waals surface area contributed by atoms with Crippen LogP contribution in [0.3, 0.4) is 0 Å². The topological polar surface area (TPSA) is 210 Å². The van der Waals surface area contributed by atoms with E-state index in [1.165, 1.54) is 77.0 Å². The Kier molecular flexibility index (Phi) is 29.3. The highest BCUT2D eigenvalue weighted by molar-refractivity contribution is 7.47. The average molecular weight is 793 g/mol. The van der Waals surface area contributed by atoms with Crippen LogP contribution in [0.1, 0.15) is 162 Å². The van der Waals surface area contributed by atoms with Gasteiger partial charge < -0.3 is 39.9 Å². The fourth-order valence-corrected chi connectivity index (χ4v) is 7.11. The van der Waals surface area contributed by atoms with Crippen molar-refractivity contribution < 1.29 is 63.1 Å². The Morgan fingerprint density at radius 3 is 1.54 bits per heavy atom. The van der Waals surface area contributed by atoms with Crippen molar-refractivity contribution in [2.45, 2.75) is 204 Å². The summed E-state index contributed by atoms with van der Waals surface area (Å²) in [7, 11) is -5.11. The molecule has 6 unspecified atom stereocenters. The number of ether oxygens (including phenoxy) is 2. The highest BCUT2D eigenvalue weighted by Crippen LogP contribution is 2.47. The van der Waals surface area contributed by atoms with Crippen LogP contribution >= 0.6 is 7.82 Å². The van der Waals surface area contributed by atoms with Crippen molar-refractivity contribution in [1.82, 2.24) is 0 Å². The van der Waals surface area contributed by atoms with Crippen LogP contribution in [0.5, 0.6) is 0 Å². The summed E-state index contributed by atoms with van der Waals surface area (Å²) in [6.07, 6.45) is 18.3. The summed E-state index contributed by atoms with van der Waals surface area (Å²) in [5, 5.41) is 49.9. The second-order valence-corrected chi connectivity index (χ2v) is 15.9. The van der Waals surface area contributed by atoms with Crippen molar-refractivity contribution in [3.8, 4) is 0 Å². The molecule has 0 radical (unpaired) electrons. The zero-order valence-corrected chi connectivity index (χ0v) is 33.9. The molecule has 1 aliphatic rings. The first-order valence-electron chi connectivity index (χ1n) is 20.6. The van der Waals surface area contributed by atoms with E-state index in [-0.39, 0.29) is 12.8 Å². The van der Waals surface area contributed by atoms with Crippen molar-refractivity contribution in [1.29, 1.82) is 0 Å². The number of carbonyl (C=O) groups is 2. The Labute approximate surface area is 324 Å². The summed E-state index contributed by atoms with van der Waals surface area (Å²) < 4.78 is 33.3. The Hall–Kier alpha value is -1.67. The maximum absolute atomic E-state index is 12.7. The predicted octanol–water partition coefficient (Wildman–Crippen LogP) is 6.89. The molecule has 1 fully saturated rings. The third-order valence-electron chi connectivity index (χ3n) is 9.55. The van der Waals surface area contributed by atoms with Crippen LogP contribution in [0.2, 0.25) is 0 Å². The summed E-state index contributed by atoms with van der Waals surface area (Å²) in [4.78, 5) is 35.5. The van der Waals surface area contributed by atoms with E-state index in [1.807, 2.05) is 0 Å². The third-order valence-corrected chi connectivity index (χ3v) is 10.5. The van der Waals surface area contributed by atoms with E-state index in [2.05, 4.69) is 38.2 Å². The molecule has 1 aliphatic carbocycles. The molecular weight excluding hydrogens is 719 g/mol. The molecular formula is C40H73O13P. The van der Waals surface area contributed by atoms with Crippen molar-refractivity contribution in [3.63, 3.8) is 0 Å². The van der Waals surface area contributed by atoms with Crippen LogP contribution in [0.4, 0.5) is 0 Å². The van der Waals surface area contributed by atoms with Gasteiger partial charge in [-0.1, -0.05) is 128 Å². The Morgan fingerprint density at radius 2 is 1.00 bits per heavy atom. The van der Waals surface area contributed by atoms with E-state index in [4.69, 9.17) is 18.5 Å². The van der Waals surface area contributed by atoms with Gasteiger partial charge in [-0.15, -0.1) is 0 Å². The number of hydrogen-bond donors (Lipinski definition) is 6. The fraction of sp³-hybridized carbons (Fsp3) is 0.850. The summed E-state index contributed by atoms with van der Waals surface area (Å²) in [5.74, 6) is -1.14. The third kappa shape index (κ3) is 24.1. The molecule has 0 aromatic heterocycles. The molecule has 0 amide bonds. The maximum atomic E-state index is 12.7. The van der Waals surface area contributed by atoms with Gasteiger partial charge >= 0.3 is 19.8 Å². The molecule has 0 bridgehead atoms. The van der Waals surface area contributed by atoms with Crippen LogP contribution in [0.15, 0.2) is 24.3 Å². The molecule has 1 rings (SSSR count). The number of rotatable bonds is 33. The number of aliphatic hydroxyl groups is 5. The van der Waals surface area contributed by atoms with Gasteiger partial charge in [-0.2, -0.15) is 0 Å². The van der Waals surface area contributed by atoms with E-state index in [0.717, 1.165) is 44.9 Å². The fourth-order valence-electron chi connectivity index (χ4n) is 6.14. The van der Waals surface area contributed by atoms with E-state index in [9.17, 15) is 44.6 Å². The largest absolute Gasteiger partial charge is 0.472 e. The second-order valence-electron chi connectivity index (χ2n) is 14.5. The monoisotopic (exact) mass is 792 g/mol. The minimum atomic E-state index is -5.11. The molecule has 6 N–H and O–H groups in total. The van der Waals surface area contributed by atoms with Gasteiger partial charge in [0.25, 0.3) is 0 Å². The maximum Gasteiger partial charge on any atom is 0.472 e. The number of carbonyl (C=O) groups excluding carboxylic acids is 2. The zero-order chi connectivity index (χ0) is 40.0. The molecule has 8 atom stereocenters. The molecule has 0 aliphatic heterocycles. The number of allylic oxidation sites excluding steroid dienone is 4. The van der Waals surface area contributed by atoms with Crippen LogP contribution in [0.25, 0.3) is 0 Å². The molecule has 0 aromatic rings. The van der Waals surface area contributed by atoms with E-state index < -0.39 is 75.7 Å². The lowest BCUT2D eigenvalue weighted by atomic mass is 9.85. The summed E-state index contributed by atoms with van der Waals surface area (Å²) in [6.45, 7) is 3.22. The molecule has 0 spiro atoms. The van der Waals surface area contributed by atoms with Gasteiger partial charge in [-0.3, -0.25) is 18.6 Å². The SMILES string of the molecule is CCCCCCCC/C=C/C/C=C/CCCCC(=O)O[C@H](COC(=O)CCCCCCCCCCCC)COP(=O)(O)OC1C(O)C(O)C(O)[C@@H](O)C1O. The first-order valence-corrected chi connectivity index (χ1v) is 22.1. The summed E-state index contributed by atoms with van der Waals surface area (Å²) in [5.41, 5.74) is 0. The van der Waals surface area contributed by atoms with Gasteiger partial charge in [0.2, 0.25) is 0 Å². The molecule has 14 heteroatoms. The number of phosphoric acid groups is 1. The lowest BCUT2D eigenvalue weighted by molar-refractivity contribution is -0.220. The molecule has 0 heterocycles.